The van der Waals surface area contributed by atoms with Gasteiger partial charge in [-0.2, -0.15) is 0 Å². The first kappa shape index (κ1) is 27.2. The van der Waals surface area contributed by atoms with E-state index in [0.29, 0.717) is 34.9 Å². The Bertz CT molecular complexity index is 1030. The third kappa shape index (κ3) is 7.79. The fourth-order valence-corrected chi connectivity index (χ4v) is 5.32. The Labute approximate surface area is 213 Å². The van der Waals surface area contributed by atoms with Crippen LogP contribution in [0.2, 0.25) is 5.02 Å². The number of aliphatic carboxylic acids is 1. The third-order valence-electron chi connectivity index (χ3n) is 6.68. The number of nitrogens with one attached hydrogen (secondary N) is 1. The molecule has 192 valence electrons. The van der Waals surface area contributed by atoms with E-state index in [9.17, 15) is 14.7 Å². The van der Waals surface area contributed by atoms with Crippen LogP contribution in [0.1, 0.15) is 107 Å². The van der Waals surface area contributed by atoms with E-state index >= 15 is 0 Å². The molecule has 0 aliphatic heterocycles. The maximum absolute atomic E-state index is 13.0. The lowest BCUT2D eigenvalue weighted by molar-refractivity contribution is -0.137. The zero-order valence-corrected chi connectivity index (χ0v) is 22.3. The molecule has 0 saturated heterocycles. The van der Waals surface area contributed by atoms with E-state index in [0.717, 1.165) is 36.2 Å². The normalized spacial score (nSPS) is 16.2. The van der Waals surface area contributed by atoms with Crippen LogP contribution in [-0.2, 0) is 9.59 Å². The zero-order valence-electron chi connectivity index (χ0n) is 21.6. The monoisotopic (exact) mass is 502 g/mol. The van der Waals surface area contributed by atoms with Gasteiger partial charge in [0.25, 0.3) is 0 Å². The smallest absolute Gasteiger partial charge is 0.303 e. The highest BCUT2D eigenvalue weighted by atomic mass is 35.5. The molecule has 35 heavy (non-hydrogen) atoms. The van der Waals surface area contributed by atoms with E-state index in [4.69, 9.17) is 11.6 Å². The lowest BCUT2D eigenvalue weighted by atomic mass is 9.88. The maximum atomic E-state index is 13.0. The molecule has 1 aliphatic rings. The number of nitrogens with zero attached hydrogens (tertiary/aromatic N) is 3. The van der Waals surface area contributed by atoms with E-state index in [1.165, 1.54) is 6.42 Å². The van der Waals surface area contributed by atoms with Gasteiger partial charge in [-0.3, -0.25) is 9.59 Å². The van der Waals surface area contributed by atoms with Gasteiger partial charge in [0, 0.05) is 24.7 Å². The second kappa shape index (κ2) is 12.0. The first-order chi connectivity index (χ1) is 16.5. The number of amides is 1. The third-order valence-corrected chi connectivity index (χ3v) is 6.99. The molecule has 0 spiro atoms. The largest absolute Gasteiger partial charge is 0.481 e. The SMILES string of the molecule is Cc1ccc(NC(=O)C[C@H](CCC(=O)O)n2nnc(C(C)CC(C)CC(C)C)c2C2CC2)c(Cl)c1. The van der Waals surface area contributed by atoms with Gasteiger partial charge in [-0.15, -0.1) is 5.10 Å². The quantitative estimate of drug-likeness (QED) is 0.316. The van der Waals surface area contributed by atoms with Crippen molar-refractivity contribution < 1.29 is 14.7 Å². The molecule has 1 aliphatic carbocycles. The molecule has 2 unspecified atom stereocenters. The first-order valence-electron chi connectivity index (χ1n) is 12.8. The minimum Gasteiger partial charge on any atom is -0.481 e. The van der Waals surface area contributed by atoms with E-state index < -0.39 is 5.97 Å². The second-order valence-electron chi connectivity index (χ2n) is 10.8. The minimum atomic E-state index is -0.888. The Kier molecular flexibility index (Phi) is 9.34. The Morgan fingerprint density at radius 3 is 2.51 bits per heavy atom. The molecule has 8 heteroatoms. The highest BCUT2D eigenvalue weighted by molar-refractivity contribution is 6.33. The number of carbonyl (C=O) groups is 2. The number of benzene rings is 1. The van der Waals surface area contributed by atoms with E-state index in [2.05, 4.69) is 43.3 Å². The van der Waals surface area contributed by atoms with Crippen LogP contribution < -0.4 is 5.32 Å². The molecular formula is C27H39ClN4O3. The molecule has 1 amide bonds. The molecule has 1 aromatic carbocycles. The predicted molar refractivity (Wildman–Crippen MR) is 139 cm³/mol. The maximum Gasteiger partial charge on any atom is 0.303 e. The number of carboxylic acids is 1. The second-order valence-corrected chi connectivity index (χ2v) is 11.2. The summed E-state index contributed by atoms with van der Waals surface area (Å²) < 4.78 is 1.86. The predicted octanol–water partition coefficient (Wildman–Crippen LogP) is 6.73. The fraction of sp³-hybridized carbons (Fsp3) is 0.630. The molecule has 0 bridgehead atoms. The van der Waals surface area contributed by atoms with Gasteiger partial charge in [0.15, 0.2) is 0 Å². The van der Waals surface area contributed by atoms with Gasteiger partial charge >= 0.3 is 5.97 Å². The van der Waals surface area contributed by atoms with Crippen LogP contribution in [0.15, 0.2) is 18.2 Å². The van der Waals surface area contributed by atoms with Crippen molar-refractivity contribution in [2.45, 2.75) is 97.4 Å². The van der Waals surface area contributed by atoms with Crippen molar-refractivity contribution in [1.29, 1.82) is 0 Å². The van der Waals surface area contributed by atoms with Crippen LogP contribution >= 0.6 is 11.6 Å². The number of aromatic nitrogens is 3. The molecule has 1 aromatic heterocycles. The Balaban J connectivity index is 1.82. The summed E-state index contributed by atoms with van der Waals surface area (Å²) in [5.41, 5.74) is 3.65. The lowest BCUT2D eigenvalue weighted by Crippen LogP contribution is -2.23. The van der Waals surface area contributed by atoms with E-state index in [1.54, 1.807) is 12.1 Å². The van der Waals surface area contributed by atoms with Crippen molar-refractivity contribution in [1.82, 2.24) is 15.0 Å². The molecule has 3 rings (SSSR count). The molecule has 7 nitrogen and oxygen atoms in total. The summed E-state index contributed by atoms with van der Waals surface area (Å²) in [5.74, 6) is 0.759. The van der Waals surface area contributed by atoms with Crippen LogP contribution in [0.25, 0.3) is 0 Å². The summed E-state index contributed by atoms with van der Waals surface area (Å²) in [6.45, 7) is 10.9. The summed E-state index contributed by atoms with van der Waals surface area (Å²) in [7, 11) is 0. The molecule has 2 aromatic rings. The van der Waals surface area contributed by atoms with Crippen LogP contribution in [0, 0.1) is 18.8 Å². The highest BCUT2D eigenvalue weighted by Gasteiger charge is 2.35. The lowest BCUT2D eigenvalue weighted by Gasteiger charge is -2.21. The van der Waals surface area contributed by atoms with Crippen LogP contribution in [0.5, 0.6) is 0 Å². The van der Waals surface area contributed by atoms with Crippen molar-refractivity contribution in [3.63, 3.8) is 0 Å². The zero-order chi connectivity index (χ0) is 25.7. The molecule has 1 fully saturated rings. The van der Waals surface area contributed by atoms with Gasteiger partial charge in [-0.05, 0) is 68.6 Å². The van der Waals surface area contributed by atoms with E-state index in [1.807, 2.05) is 17.7 Å². The highest BCUT2D eigenvalue weighted by Crippen LogP contribution is 2.45. The molecule has 2 N–H and O–H groups in total. The minimum absolute atomic E-state index is 0.0382. The van der Waals surface area contributed by atoms with Crippen molar-refractivity contribution in [3.05, 3.63) is 40.2 Å². The molecule has 1 heterocycles. The van der Waals surface area contributed by atoms with Crippen molar-refractivity contribution in [2.24, 2.45) is 11.8 Å². The number of rotatable bonds is 13. The number of anilines is 1. The van der Waals surface area contributed by atoms with Crippen molar-refractivity contribution in [2.75, 3.05) is 5.32 Å². The number of carbonyl (C=O) groups excluding carboxylic acids is 1. The topological polar surface area (TPSA) is 97.1 Å². The number of hydrogen-bond acceptors (Lipinski definition) is 4. The van der Waals surface area contributed by atoms with Gasteiger partial charge in [-0.1, -0.05) is 50.6 Å². The summed E-state index contributed by atoms with van der Waals surface area (Å²) in [4.78, 5) is 24.4. The number of carboxylic acid groups (broad SMARTS) is 1. The van der Waals surface area contributed by atoms with Gasteiger partial charge in [-0.25, -0.2) is 4.68 Å². The van der Waals surface area contributed by atoms with Gasteiger partial charge in [0.1, 0.15) is 0 Å². The summed E-state index contributed by atoms with van der Waals surface area (Å²) in [5, 5.41) is 21.8. The Morgan fingerprint density at radius 1 is 1.20 bits per heavy atom. The van der Waals surface area contributed by atoms with Crippen LogP contribution in [0.3, 0.4) is 0 Å². The number of halogens is 1. The average Bonchev–Trinajstić information content (AvgIpc) is 3.50. The molecule has 0 radical (unpaired) electrons. The van der Waals surface area contributed by atoms with Gasteiger partial charge in [0.05, 0.1) is 28.1 Å². The van der Waals surface area contributed by atoms with Gasteiger partial charge in [0.2, 0.25) is 5.91 Å². The van der Waals surface area contributed by atoms with Crippen molar-refractivity contribution >= 4 is 29.2 Å². The standard InChI is InChI=1S/C27H39ClN4O3/c1-16(2)12-18(4)13-19(5)26-27(20-7-8-20)32(31-30-26)21(9-11-25(34)35)15-24(33)29-23-10-6-17(3)14-22(23)28/h6,10,14,16,18-21H,7-9,11-13,15H2,1-5H3,(H,29,33)(H,34,35)/t18?,19?,21-/m0/s1. The molecule has 3 atom stereocenters. The molecular weight excluding hydrogens is 464 g/mol. The van der Waals surface area contributed by atoms with E-state index in [-0.39, 0.29) is 30.7 Å². The fourth-order valence-electron chi connectivity index (χ4n) is 5.04. The van der Waals surface area contributed by atoms with Crippen molar-refractivity contribution in [3.8, 4) is 0 Å². The Hall–Kier alpha value is -2.41. The molecule has 1 saturated carbocycles. The summed E-state index contributed by atoms with van der Waals surface area (Å²) in [6, 6.07) is 5.09. The van der Waals surface area contributed by atoms with Gasteiger partial charge < -0.3 is 10.4 Å². The summed E-state index contributed by atoms with van der Waals surface area (Å²) in [6.07, 6.45) is 4.73. The Morgan fingerprint density at radius 2 is 1.91 bits per heavy atom. The summed E-state index contributed by atoms with van der Waals surface area (Å²) >= 11 is 6.30. The number of aryl methyl sites for hydroxylation is 1. The first-order valence-corrected chi connectivity index (χ1v) is 13.2. The van der Waals surface area contributed by atoms with Crippen LogP contribution in [-0.4, -0.2) is 32.0 Å². The van der Waals surface area contributed by atoms with Crippen LogP contribution in [0.4, 0.5) is 5.69 Å². The number of hydrogen-bond donors (Lipinski definition) is 2. The average molecular weight is 503 g/mol.